The molecule has 1 aromatic carbocycles. The predicted molar refractivity (Wildman–Crippen MR) is 128 cm³/mol. The molecule has 0 N–H and O–H groups in total. The van der Waals surface area contributed by atoms with E-state index in [1.165, 1.54) is 12.4 Å². The summed E-state index contributed by atoms with van der Waals surface area (Å²) in [5, 5.41) is 8.37. The lowest BCUT2D eigenvalue weighted by Gasteiger charge is -2.08. The number of aryl methyl sites for hydroxylation is 2. The summed E-state index contributed by atoms with van der Waals surface area (Å²) in [6.45, 7) is 2.02. The fraction of sp³-hybridized carbons (Fsp3) is 0.0833. The van der Waals surface area contributed by atoms with Crippen LogP contribution in [0.2, 0.25) is 0 Å². The van der Waals surface area contributed by atoms with Crippen molar-refractivity contribution in [2.45, 2.75) is 11.9 Å². The van der Waals surface area contributed by atoms with Crippen LogP contribution in [0.15, 0.2) is 84.7 Å². The highest BCUT2D eigenvalue weighted by molar-refractivity contribution is 7.90. The van der Waals surface area contributed by atoms with Crippen molar-refractivity contribution in [3.05, 3.63) is 85.2 Å². The van der Waals surface area contributed by atoms with Crippen molar-refractivity contribution >= 4 is 26.7 Å². The van der Waals surface area contributed by atoms with Gasteiger partial charge in [-0.25, -0.2) is 4.98 Å². The van der Waals surface area contributed by atoms with Crippen LogP contribution in [0.5, 0.6) is 0 Å². The molecular weight excluding hydrogens is 450 g/mol. The first-order valence-corrected chi connectivity index (χ1v) is 12.0. The van der Waals surface area contributed by atoms with Crippen molar-refractivity contribution in [2.75, 3.05) is 0 Å². The summed E-state index contributed by atoms with van der Waals surface area (Å²) in [4.78, 5) is 8.71. The molecule has 6 aromatic rings. The third-order valence-corrected chi connectivity index (χ3v) is 7.35. The molecule has 5 heterocycles. The van der Waals surface area contributed by atoms with Crippen molar-refractivity contribution in [3.63, 3.8) is 0 Å². The molecule has 0 atom stereocenters. The number of pyridine rings is 2. The van der Waals surface area contributed by atoms with Gasteiger partial charge in [-0.15, -0.1) is 0 Å². The SMILES string of the molecule is Cc1ccc(-c2ccc3ncc(S(=O)(=O)n4ncc5ncc(-c6cnn(C)c6)cc54)n3c2)cc1. The molecule has 0 amide bonds. The molecular formula is C24H19N7O2S. The number of fused-ring (bicyclic) bond motifs is 2. The Bertz CT molecular complexity index is 1790. The maximum atomic E-state index is 13.7. The zero-order chi connectivity index (χ0) is 23.4. The molecule has 5 aromatic heterocycles. The summed E-state index contributed by atoms with van der Waals surface area (Å²) < 4.78 is 31.7. The van der Waals surface area contributed by atoms with Crippen LogP contribution in [0.4, 0.5) is 0 Å². The van der Waals surface area contributed by atoms with Gasteiger partial charge in [0.1, 0.15) is 16.7 Å². The summed E-state index contributed by atoms with van der Waals surface area (Å²) in [7, 11) is -2.24. The molecule has 0 saturated heterocycles. The highest BCUT2D eigenvalue weighted by atomic mass is 32.2. The Kier molecular flexibility index (Phi) is 4.39. The van der Waals surface area contributed by atoms with Gasteiger partial charge < -0.3 is 0 Å². The molecule has 0 fully saturated rings. The number of imidazole rings is 1. The van der Waals surface area contributed by atoms with E-state index in [0.717, 1.165) is 31.9 Å². The van der Waals surface area contributed by atoms with Crippen LogP contribution in [0.25, 0.3) is 38.9 Å². The topological polar surface area (TPSA) is 100.0 Å². The van der Waals surface area contributed by atoms with Crippen LogP contribution in [-0.2, 0) is 17.1 Å². The van der Waals surface area contributed by atoms with Gasteiger partial charge in [0.15, 0.2) is 5.03 Å². The van der Waals surface area contributed by atoms with Gasteiger partial charge in [-0.2, -0.15) is 22.7 Å². The van der Waals surface area contributed by atoms with E-state index in [1.807, 2.05) is 50.5 Å². The van der Waals surface area contributed by atoms with Crippen molar-refractivity contribution in [3.8, 4) is 22.3 Å². The zero-order valence-corrected chi connectivity index (χ0v) is 19.2. The molecule has 34 heavy (non-hydrogen) atoms. The van der Waals surface area contributed by atoms with Gasteiger partial charge in [-0.1, -0.05) is 29.8 Å². The first-order valence-electron chi connectivity index (χ1n) is 10.5. The summed E-state index contributed by atoms with van der Waals surface area (Å²) in [5.41, 5.74) is 5.99. The molecule has 0 bridgehead atoms. The molecule has 9 nitrogen and oxygen atoms in total. The summed E-state index contributed by atoms with van der Waals surface area (Å²) in [6, 6.07) is 13.5. The lowest BCUT2D eigenvalue weighted by Crippen LogP contribution is -2.16. The Morgan fingerprint density at radius 2 is 1.56 bits per heavy atom. The third-order valence-electron chi connectivity index (χ3n) is 5.78. The highest BCUT2D eigenvalue weighted by Crippen LogP contribution is 2.27. The smallest absolute Gasteiger partial charge is 0.288 e. The van der Waals surface area contributed by atoms with Crippen LogP contribution in [0.3, 0.4) is 0 Å². The first-order chi connectivity index (χ1) is 16.4. The van der Waals surface area contributed by atoms with E-state index in [2.05, 4.69) is 20.2 Å². The van der Waals surface area contributed by atoms with E-state index in [-0.39, 0.29) is 5.03 Å². The lowest BCUT2D eigenvalue weighted by molar-refractivity contribution is 0.577. The van der Waals surface area contributed by atoms with Crippen LogP contribution >= 0.6 is 0 Å². The maximum absolute atomic E-state index is 13.7. The number of aromatic nitrogens is 7. The van der Waals surface area contributed by atoms with Gasteiger partial charge in [0.2, 0.25) is 0 Å². The number of benzene rings is 1. The van der Waals surface area contributed by atoms with Gasteiger partial charge in [0.25, 0.3) is 0 Å². The molecule has 0 saturated carbocycles. The van der Waals surface area contributed by atoms with Crippen LogP contribution in [0, 0.1) is 6.92 Å². The summed E-state index contributed by atoms with van der Waals surface area (Å²) >= 11 is 0. The van der Waals surface area contributed by atoms with Crippen molar-refractivity contribution < 1.29 is 8.42 Å². The quantitative estimate of drug-likeness (QED) is 0.390. The molecule has 0 aliphatic heterocycles. The number of hydrogen-bond donors (Lipinski definition) is 0. The highest BCUT2D eigenvalue weighted by Gasteiger charge is 2.25. The lowest BCUT2D eigenvalue weighted by atomic mass is 10.1. The molecule has 10 heteroatoms. The normalized spacial score (nSPS) is 12.1. The van der Waals surface area contributed by atoms with Crippen molar-refractivity contribution in [1.82, 2.24) is 33.3 Å². The van der Waals surface area contributed by atoms with E-state index >= 15 is 0 Å². The molecule has 0 aliphatic carbocycles. The molecule has 0 unspecified atom stereocenters. The minimum absolute atomic E-state index is 0.0215. The monoisotopic (exact) mass is 469 g/mol. The van der Waals surface area contributed by atoms with Crippen molar-refractivity contribution in [2.24, 2.45) is 7.05 Å². The van der Waals surface area contributed by atoms with Crippen LogP contribution in [0.1, 0.15) is 5.56 Å². The summed E-state index contributed by atoms with van der Waals surface area (Å²) in [5.74, 6) is 0. The third kappa shape index (κ3) is 3.19. The number of hydrogen-bond acceptors (Lipinski definition) is 6. The van der Waals surface area contributed by atoms with Gasteiger partial charge in [0, 0.05) is 36.8 Å². The Hall–Kier alpha value is -4.31. The van der Waals surface area contributed by atoms with Gasteiger partial charge in [0.05, 0.1) is 18.6 Å². The minimum atomic E-state index is -4.06. The largest absolute Gasteiger partial charge is 0.301 e. The molecule has 0 spiro atoms. The van der Waals surface area contributed by atoms with Gasteiger partial charge in [-0.05, 0) is 36.2 Å². The van der Waals surface area contributed by atoms with E-state index in [1.54, 1.807) is 39.8 Å². The first kappa shape index (κ1) is 20.3. The minimum Gasteiger partial charge on any atom is -0.288 e. The average molecular weight is 470 g/mol. The Labute approximate surface area is 195 Å². The van der Waals surface area contributed by atoms with E-state index in [4.69, 9.17) is 0 Å². The Morgan fingerprint density at radius 3 is 2.32 bits per heavy atom. The van der Waals surface area contributed by atoms with Crippen molar-refractivity contribution in [1.29, 1.82) is 0 Å². The molecule has 6 rings (SSSR count). The van der Waals surface area contributed by atoms with Gasteiger partial charge >= 0.3 is 10.0 Å². The molecule has 0 radical (unpaired) electrons. The fourth-order valence-electron chi connectivity index (χ4n) is 3.96. The summed E-state index contributed by atoms with van der Waals surface area (Å²) in [6.07, 6.45) is 9.81. The van der Waals surface area contributed by atoms with E-state index in [0.29, 0.717) is 16.7 Å². The number of rotatable bonds is 4. The fourth-order valence-corrected chi connectivity index (χ4v) is 5.29. The Balaban J connectivity index is 1.50. The second-order valence-corrected chi connectivity index (χ2v) is 9.85. The van der Waals surface area contributed by atoms with Gasteiger partial charge in [-0.3, -0.25) is 14.1 Å². The Morgan fingerprint density at radius 1 is 0.765 bits per heavy atom. The zero-order valence-electron chi connectivity index (χ0n) is 18.4. The number of nitrogens with zero attached hydrogens (tertiary/aromatic N) is 7. The standard InChI is InChI=1S/C24H19N7O2S/c1-16-3-5-17(6-4-16)18-7-8-23-26-13-24(30(23)15-18)34(32,33)31-22-9-19(10-25-21(22)12-28-31)20-11-27-29(2)14-20/h3-15H,1-2H3. The predicted octanol–water partition coefficient (Wildman–Crippen LogP) is 3.69. The van der Waals surface area contributed by atoms with E-state index < -0.39 is 10.0 Å². The maximum Gasteiger partial charge on any atom is 0.301 e. The molecule has 0 aliphatic rings. The average Bonchev–Trinajstić information content (AvgIpc) is 3.56. The second kappa shape index (κ2) is 7.35. The second-order valence-electron chi connectivity index (χ2n) is 8.13. The van der Waals surface area contributed by atoms with E-state index in [9.17, 15) is 8.42 Å². The van der Waals surface area contributed by atoms with Crippen LogP contribution < -0.4 is 0 Å². The van der Waals surface area contributed by atoms with Crippen LogP contribution in [-0.4, -0.2) is 41.8 Å². The molecule has 168 valence electrons.